The monoisotopic (exact) mass is 140 g/mol. The molecule has 10 heavy (non-hydrogen) atoms. The number of rotatable bonds is 1. The summed E-state index contributed by atoms with van der Waals surface area (Å²) in [4.78, 5) is 20.1. The number of hydrogen-bond donors (Lipinski definition) is 1. The van der Waals surface area contributed by atoms with Crippen LogP contribution < -0.4 is 0 Å². The summed E-state index contributed by atoms with van der Waals surface area (Å²) in [5.74, 6) is 0. The molecule has 0 saturated heterocycles. The van der Waals surface area contributed by atoms with E-state index in [9.17, 15) is 9.59 Å². The minimum absolute atomic E-state index is 0.113. The van der Waals surface area contributed by atoms with Gasteiger partial charge >= 0.3 is 6.09 Å². The van der Waals surface area contributed by atoms with Crippen LogP contribution in [0.2, 0.25) is 0 Å². The van der Waals surface area contributed by atoms with Crippen molar-refractivity contribution in [3.63, 3.8) is 0 Å². The second-order valence-electron chi connectivity index (χ2n) is 1.59. The van der Waals surface area contributed by atoms with E-state index < -0.39 is 6.09 Å². The molecule has 0 aromatic carbocycles. The van der Waals surface area contributed by atoms with Crippen LogP contribution in [0.15, 0.2) is 12.3 Å². The lowest BCUT2D eigenvalue weighted by atomic mass is 10.5. The summed E-state index contributed by atoms with van der Waals surface area (Å²) >= 11 is 0. The van der Waals surface area contributed by atoms with Crippen molar-refractivity contribution in [3.05, 3.63) is 18.0 Å². The van der Waals surface area contributed by atoms with Gasteiger partial charge in [0.05, 0.1) is 0 Å². The Morgan fingerprint density at radius 1 is 1.80 bits per heavy atom. The first-order chi connectivity index (χ1) is 4.74. The summed E-state index contributed by atoms with van der Waals surface area (Å²) in [5, 5.41) is 11.7. The van der Waals surface area contributed by atoms with E-state index in [0.717, 1.165) is 0 Å². The largest absolute Gasteiger partial charge is 0.463 e. The van der Waals surface area contributed by atoms with Crippen molar-refractivity contribution < 1.29 is 14.7 Å². The number of carbonyl (C=O) groups excluding carboxylic acids is 1. The van der Waals surface area contributed by atoms with Gasteiger partial charge in [-0.15, -0.1) is 0 Å². The molecule has 0 aliphatic carbocycles. The van der Waals surface area contributed by atoms with E-state index in [-0.39, 0.29) is 5.69 Å². The average molecular weight is 140 g/mol. The Bertz CT molecular complexity index is 266. The van der Waals surface area contributed by atoms with Gasteiger partial charge in [-0.3, -0.25) is 4.79 Å². The first-order valence-electron chi connectivity index (χ1n) is 2.48. The van der Waals surface area contributed by atoms with E-state index in [0.29, 0.717) is 11.0 Å². The van der Waals surface area contributed by atoms with Gasteiger partial charge in [-0.2, -0.15) is 9.78 Å². The van der Waals surface area contributed by atoms with Gasteiger partial charge in [0.1, 0.15) is 5.69 Å². The van der Waals surface area contributed by atoms with Crippen LogP contribution in [0.5, 0.6) is 0 Å². The lowest BCUT2D eigenvalue weighted by Gasteiger charge is -1.86. The topological polar surface area (TPSA) is 72.2 Å². The maximum Gasteiger partial charge on any atom is 0.432 e. The van der Waals surface area contributed by atoms with Crippen molar-refractivity contribution >= 4 is 12.4 Å². The minimum atomic E-state index is -1.20. The first-order valence-corrected chi connectivity index (χ1v) is 2.48. The Hall–Kier alpha value is -1.65. The smallest absolute Gasteiger partial charge is 0.432 e. The molecule has 52 valence electrons. The van der Waals surface area contributed by atoms with Gasteiger partial charge < -0.3 is 5.11 Å². The van der Waals surface area contributed by atoms with Gasteiger partial charge in [0.15, 0.2) is 6.29 Å². The van der Waals surface area contributed by atoms with Crippen molar-refractivity contribution in [2.24, 2.45) is 0 Å². The summed E-state index contributed by atoms with van der Waals surface area (Å²) in [6, 6.07) is 1.32. The van der Waals surface area contributed by atoms with Crippen LogP contribution in [0.1, 0.15) is 10.5 Å². The maximum absolute atomic E-state index is 10.1. The Morgan fingerprint density at radius 3 is 2.80 bits per heavy atom. The van der Waals surface area contributed by atoms with Crippen molar-refractivity contribution in [2.45, 2.75) is 0 Å². The van der Waals surface area contributed by atoms with Gasteiger partial charge in [0, 0.05) is 6.20 Å². The van der Waals surface area contributed by atoms with E-state index in [4.69, 9.17) is 5.11 Å². The molecule has 0 aliphatic rings. The van der Waals surface area contributed by atoms with Crippen LogP contribution in [-0.4, -0.2) is 27.3 Å². The Morgan fingerprint density at radius 2 is 2.50 bits per heavy atom. The molecule has 0 atom stereocenters. The predicted octanol–water partition coefficient (Wildman–Crippen LogP) is 0.222. The highest BCUT2D eigenvalue weighted by atomic mass is 16.4. The Balaban J connectivity index is 2.98. The minimum Gasteiger partial charge on any atom is -0.463 e. The summed E-state index contributed by atoms with van der Waals surface area (Å²) in [5.41, 5.74) is 0.113. The standard InChI is InChI=1S/C5H4N2O3/c8-3-4-1-2-7(6-4)5(9)10/h1-3H,(H,9,10). The molecule has 1 heterocycles. The van der Waals surface area contributed by atoms with E-state index in [1.54, 1.807) is 0 Å². The van der Waals surface area contributed by atoms with Crippen molar-refractivity contribution in [1.29, 1.82) is 0 Å². The molecule has 5 heteroatoms. The fourth-order valence-corrected chi connectivity index (χ4v) is 0.507. The lowest BCUT2D eigenvalue weighted by molar-refractivity contribution is 0.111. The normalized spacial score (nSPS) is 9.20. The zero-order chi connectivity index (χ0) is 7.56. The third-order valence-electron chi connectivity index (χ3n) is 0.926. The van der Waals surface area contributed by atoms with Gasteiger partial charge in [-0.25, -0.2) is 4.79 Å². The van der Waals surface area contributed by atoms with Crippen LogP contribution in [0, 0.1) is 0 Å². The third kappa shape index (κ3) is 1.02. The molecule has 0 amide bonds. The van der Waals surface area contributed by atoms with Gasteiger partial charge in [0.2, 0.25) is 0 Å². The molecule has 1 aromatic heterocycles. The highest BCUT2D eigenvalue weighted by Crippen LogP contribution is 1.89. The number of carbonyl (C=O) groups is 2. The fourth-order valence-electron chi connectivity index (χ4n) is 0.507. The zero-order valence-corrected chi connectivity index (χ0v) is 4.89. The highest BCUT2D eigenvalue weighted by Gasteiger charge is 2.01. The van der Waals surface area contributed by atoms with Crippen LogP contribution >= 0.6 is 0 Å². The molecule has 1 rings (SSSR count). The molecule has 0 fully saturated rings. The van der Waals surface area contributed by atoms with Crippen molar-refractivity contribution in [3.8, 4) is 0 Å². The number of aromatic nitrogens is 2. The molecule has 0 bridgehead atoms. The third-order valence-corrected chi connectivity index (χ3v) is 0.926. The van der Waals surface area contributed by atoms with E-state index in [2.05, 4.69) is 5.10 Å². The summed E-state index contributed by atoms with van der Waals surface area (Å²) in [6.07, 6.45) is 0.485. The van der Waals surface area contributed by atoms with Crippen molar-refractivity contribution in [2.75, 3.05) is 0 Å². The number of nitrogens with zero attached hydrogens (tertiary/aromatic N) is 2. The van der Waals surface area contributed by atoms with Crippen molar-refractivity contribution in [1.82, 2.24) is 9.78 Å². The van der Waals surface area contributed by atoms with Crippen LogP contribution in [0.4, 0.5) is 4.79 Å². The van der Waals surface area contributed by atoms with Crippen LogP contribution in [0.25, 0.3) is 0 Å². The predicted molar refractivity (Wildman–Crippen MR) is 31.0 cm³/mol. The molecule has 0 spiro atoms. The summed E-state index contributed by atoms with van der Waals surface area (Å²) in [7, 11) is 0. The van der Waals surface area contributed by atoms with Gasteiger partial charge in [0.25, 0.3) is 0 Å². The van der Waals surface area contributed by atoms with Gasteiger partial charge in [-0.05, 0) is 6.07 Å². The quantitative estimate of drug-likeness (QED) is 0.566. The molecule has 0 radical (unpaired) electrons. The molecule has 5 nitrogen and oxygen atoms in total. The van der Waals surface area contributed by atoms with E-state index in [1.807, 2.05) is 0 Å². The maximum atomic E-state index is 10.1. The summed E-state index contributed by atoms with van der Waals surface area (Å²) < 4.78 is 0.670. The first kappa shape index (κ1) is 6.47. The molecular weight excluding hydrogens is 136 g/mol. The molecule has 0 unspecified atom stereocenters. The SMILES string of the molecule is O=Cc1ccn(C(=O)O)n1. The molecule has 1 aromatic rings. The van der Waals surface area contributed by atoms with E-state index in [1.165, 1.54) is 12.3 Å². The average Bonchev–Trinajstić information content (AvgIpc) is 2.34. The fraction of sp³-hybridized carbons (Fsp3) is 0. The second kappa shape index (κ2) is 2.30. The van der Waals surface area contributed by atoms with E-state index >= 15 is 0 Å². The second-order valence-corrected chi connectivity index (χ2v) is 1.59. The molecule has 0 aliphatic heterocycles. The number of carboxylic acid groups (broad SMARTS) is 1. The number of hydrogen-bond acceptors (Lipinski definition) is 3. The molecule has 1 N–H and O–H groups in total. The Labute approximate surface area is 55.9 Å². The summed E-state index contributed by atoms with van der Waals surface area (Å²) in [6.45, 7) is 0. The van der Waals surface area contributed by atoms with Crippen LogP contribution in [-0.2, 0) is 0 Å². The van der Waals surface area contributed by atoms with Crippen LogP contribution in [0.3, 0.4) is 0 Å². The Kier molecular flexibility index (Phi) is 1.49. The number of aldehydes is 1. The molecule has 0 saturated carbocycles. The molecular formula is C5H4N2O3. The van der Waals surface area contributed by atoms with Gasteiger partial charge in [-0.1, -0.05) is 0 Å². The zero-order valence-electron chi connectivity index (χ0n) is 4.89. The highest BCUT2D eigenvalue weighted by molar-refractivity contribution is 5.73. The lowest BCUT2D eigenvalue weighted by Crippen LogP contribution is -2.08.